The monoisotopic (exact) mass is 315 g/mol. The summed E-state index contributed by atoms with van der Waals surface area (Å²) in [5.74, 6) is 0.748. The van der Waals surface area contributed by atoms with Crippen molar-refractivity contribution in [3.63, 3.8) is 0 Å². The summed E-state index contributed by atoms with van der Waals surface area (Å²) in [6, 6.07) is 8.74. The van der Waals surface area contributed by atoms with Crippen molar-refractivity contribution in [1.29, 1.82) is 0 Å². The summed E-state index contributed by atoms with van der Waals surface area (Å²) in [6.07, 6.45) is 3.52. The number of aryl methyl sites for hydroxylation is 1. The molecule has 126 valence electrons. The molecule has 4 nitrogen and oxygen atoms in total. The molecule has 1 saturated carbocycles. The quantitative estimate of drug-likeness (QED) is 0.846. The van der Waals surface area contributed by atoms with Gasteiger partial charge in [-0.3, -0.25) is 9.69 Å². The number of nitrogens with two attached hydrogens (primary N) is 1. The van der Waals surface area contributed by atoms with Gasteiger partial charge in [0, 0.05) is 6.54 Å². The number of carbonyl (C=O) groups excluding carboxylic acids is 1. The minimum absolute atomic E-state index is 0.142. The summed E-state index contributed by atoms with van der Waals surface area (Å²) < 4.78 is 0. The summed E-state index contributed by atoms with van der Waals surface area (Å²) in [4.78, 5) is 14.7. The molecule has 0 radical (unpaired) electrons. The van der Waals surface area contributed by atoms with Gasteiger partial charge in [0.05, 0.1) is 12.6 Å². The molecule has 1 amide bonds. The lowest BCUT2D eigenvalue weighted by molar-refractivity contribution is -0.123. The van der Waals surface area contributed by atoms with E-state index >= 15 is 0 Å². The predicted octanol–water partition coefficient (Wildman–Crippen LogP) is 2.23. The molecule has 1 aliphatic heterocycles. The Morgan fingerprint density at radius 2 is 2.09 bits per heavy atom. The van der Waals surface area contributed by atoms with E-state index in [1.54, 1.807) is 0 Å². The molecule has 4 heteroatoms. The highest BCUT2D eigenvalue weighted by Gasteiger charge is 2.36. The Bertz CT molecular complexity index is 552. The van der Waals surface area contributed by atoms with E-state index in [1.807, 2.05) is 0 Å². The van der Waals surface area contributed by atoms with Crippen molar-refractivity contribution in [1.82, 2.24) is 10.2 Å². The minimum atomic E-state index is 0.142. The molecule has 2 aliphatic rings. The molecule has 23 heavy (non-hydrogen) atoms. The van der Waals surface area contributed by atoms with Crippen molar-refractivity contribution < 1.29 is 4.79 Å². The lowest BCUT2D eigenvalue weighted by Gasteiger charge is -2.24. The summed E-state index contributed by atoms with van der Waals surface area (Å²) in [5, 5.41) is 3.28. The van der Waals surface area contributed by atoms with Crippen LogP contribution in [0.2, 0.25) is 0 Å². The molecule has 1 aromatic rings. The van der Waals surface area contributed by atoms with E-state index in [9.17, 15) is 4.79 Å². The first-order chi connectivity index (χ1) is 11.0. The molecule has 1 heterocycles. The zero-order chi connectivity index (χ0) is 16.4. The van der Waals surface area contributed by atoms with Crippen molar-refractivity contribution in [3.8, 4) is 0 Å². The Balaban J connectivity index is 1.58. The van der Waals surface area contributed by atoms with Gasteiger partial charge in [-0.05, 0) is 56.2 Å². The van der Waals surface area contributed by atoms with Crippen LogP contribution < -0.4 is 11.1 Å². The molecule has 3 rings (SSSR count). The fourth-order valence-corrected chi connectivity index (χ4v) is 3.53. The molecule has 0 aromatic heterocycles. The maximum atomic E-state index is 12.5. The fourth-order valence-electron chi connectivity index (χ4n) is 3.53. The van der Waals surface area contributed by atoms with Crippen molar-refractivity contribution in [2.24, 2.45) is 17.1 Å². The third-order valence-corrected chi connectivity index (χ3v) is 5.34. The Labute approximate surface area is 139 Å². The molecule has 0 bridgehead atoms. The van der Waals surface area contributed by atoms with Crippen LogP contribution in [0.5, 0.6) is 0 Å². The van der Waals surface area contributed by atoms with Gasteiger partial charge in [-0.1, -0.05) is 36.8 Å². The molecule has 2 fully saturated rings. The molecule has 2 unspecified atom stereocenters. The molecular formula is C19H29N3O. The van der Waals surface area contributed by atoms with E-state index in [0.717, 1.165) is 19.5 Å². The number of nitrogens with zero attached hydrogens (tertiary/aromatic N) is 1. The van der Waals surface area contributed by atoms with Gasteiger partial charge in [-0.15, -0.1) is 0 Å². The highest BCUT2D eigenvalue weighted by molar-refractivity contribution is 5.78. The highest BCUT2D eigenvalue weighted by Crippen LogP contribution is 2.41. The summed E-state index contributed by atoms with van der Waals surface area (Å²) >= 11 is 0. The third kappa shape index (κ3) is 4.12. The lowest BCUT2D eigenvalue weighted by atomic mass is 9.90. The van der Waals surface area contributed by atoms with Gasteiger partial charge >= 0.3 is 0 Å². The van der Waals surface area contributed by atoms with Gasteiger partial charge in [-0.25, -0.2) is 0 Å². The SMILES string of the molecule is Cc1ccc(C(NC(=O)CN2CCC(C)(CN)C2)C2CC2)cc1. The van der Waals surface area contributed by atoms with Crippen LogP contribution in [0.3, 0.4) is 0 Å². The second-order valence-corrected chi connectivity index (χ2v) is 7.77. The Morgan fingerprint density at radius 1 is 1.39 bits per heavy atom. The van der Waals surface area contributed by atoms with E-state index in [2.05, 4.69) is 48.3 Å². The largest absolute Gasteiger partial charge is 0.348 e. The van der Waals surface area contributed by atoms with Crippen LogP contribution in [0.4, 0.5) is 0 Å². The van der Waals surface area contributed by atoms with Gasteiger partial charge in [0.15, 0.2) is 0 Å². The number of amides is 1. The predicted molar refractivity (Wildman–Crippen MR) is 93.0 cm³/mol. The maximum absolute atomic E-state index is 12.5. The van der Waals surface area contributed by atoms with Crippen LogP contribution in [0.15, 0.2) is 24.3 Å². The van der Waals surface area contributed by atoms with Gasteiger partial charge in [0.1, 0.15) is 0 Å². The van der Waals surface area contributed by atoms with Crippen LogP contribution in [-0.4, -0.2) is 37.0 Å². The van der Waals surface area contributed by atoms with Gasteiger partial charge in [-0.2, -0.15) is 0 Å². The third-order valence-electron chi connectivity index (χ3n) is 5.34. The average molecular weight is 315 g/mol. The molecule has 0 spiro atoms. The van der Waals surface area contributed by atoms with Crippen molar-refractivity contribution >= 4 is 5.91 Å². The van der Waals surface area contributed by atoms with E-state index in [-0.39, 0.29) is 17.4 Å². The molecular weight excluding hydrogens is 286 g/mol. The molecule has 2 atom stereocenters. The normalized spacial score (nSPS) is 26.2. The Hall–Kier alpha value is -1.39. The van der Waals surface area contributed by atoms with Gasteiger partial charge < -0.3 is 11.1 Å². The van der Waals surface area contributed by atoms with Crippen LogP contribution in [0, 0.1) is 18.3 Å². The smallest absolute Gasteiger partial charge is 0.234 e. The highest BCUT2D eigenvalue weighted by atomic mass is 16.2. The number of rotatable bonds is 6. The van der Waals surface area contributed by atoms with E-state index in [1.165, 1.54) is 24.0 Å². The lowest BCUT2D eigenvalue weighted by Crippen LogP contribution is -2.40. The molecule has 1 saturated heterocycles. The maximum Gasteiger partial charge on any atom is 0.234 e. The number of hydrogen-bond acceptors (Lipinski definition) is 3. The molecule has 3 N–H and O–H groups in total. The Kier molecular flexibility index (Phi) is 4.74. The topological polar surface area (TPSA) is 58.4 Å². The zero-order valence-corrected chi connectivity index (χ0v) is 14.3. The van der Waals surface area contributed by atoms with Crippen LogP contribution >= 0.6 is 0 Å². The average Bonchev–Trinajstić information content (AvgIpc) is 3.30. The first-order valence-electron chi connectivity index (χ1n) is 8.77. The Morgan fingerprint density at radius 3 is 2.65 bits per heavy atom. The first kappa shape index (κ1) is 16.5. The van der Waals surface area contributed by atoms with E-state index in [0.29, 0.717) is 19.0 Å². The zero-order valence-electron chi connectivity index (χ0n) is 14.3. The van der Waals surface area contributed by atoms with Crippen LogP contribution in [-0.2, 0) is 4.79 Å². The standard InChI is InChI=1S/C19H29N3O/c1-14-3-5-15(6-4-14)18(16-7-8-16)21-17(23)11-22-10-9-19(2,12-20)13-22/h3-6,16,18H,7-13,20H2,1-2H3,(H,21,23). The van der Waals surface area contributed by atoms with Crippen LogP contribution in [0.25, 0.3) is 0 Å². The number of hydrogen-bond donors (Lipinski definition) is 2. The number of carbonyl (C=O) groups is 1. The van der Waals surface area contributed by atoms with E-state index in [4.69, 9.17) is 5.73 Å². The summed E-state index contributed by atoms with van der Waals surface area (Å²) in [6.45, 7) is 7.39. The van der Waals surface area contributed by atoms with Crippen LogP contribution in [0.1, 0.15) is 43.4 Å². The fraction of sp³-hybridized carbons (Fsp3) is 0.632. The van der Waals surface area contributed by atoms with Crippen molar-refractivity contribution in [2.75, 3.05) is 26.2 Å². The summed E-state index contributed by atoms with van der Waals surface area (Å²) in [7, 11) is 0. The molecule has 1 aromatic carbocycles. The van der Waals surface area contributed by atoms with Gasteiger partial charge in [0.25, 0.3) is 0 Å². The van der Waals surface area contributed by atoms with Crippen molar-refractivity contribution in [3.05, 3.63) is 35.4 Å². The molecule has 1 aliphatic carbocycles. The first-order valence-corrected chi connectivity index (χ1v) is 8.77. The minimum Gasteiger partial charge on any atom is -0.348 e. The number of nitrogens with one attached hydrogen (secondary N) is 1. The second kappa shape index (κ2) is 6.62. The van der Waals surface area contributed by atoms with Crippen molar-refractivity contribution in [2.45, 2.75) is 39.2 Å². The number of benzene rings is 1. The number of likely N-dealkylation sites (tertiary alicyclic amines) is 1. The second-order valence-electron chi connectivity index (χ2n) is 7.77. The van der Waals surface area contributed by atoms with E-state index < -0.39 is 0 Å². The van der Waals surface area contributed by atoms with Gasteiger partial charge in [0.2, 0.25) is 5.91 Å². The summed E-state index contributed by atoms with van der Waals surface area (Å²) in [5.41, 5.74) is 8.52.